The second-order valence-corrected chi connectivity index (χ2v) is 6.95. The van der Waals surface area contributed by atoms with E-state index in [4.69, 9.17) is 5.14 Å². The van der Waals surface area contributed by atoms with E-state index in [1.54, 1.807) is 6.92 Å². The van der Waals surface area contributed by atoms with Crippen LogP contribution in [0.1, 0.15) is 12.6 Å². The predicted molar refractivity (Wildman–Crippen MR) is 67.9 cm³/mol. The summed E-state index contributed by atoms with van der Waals surface area (Å²) in [6, 6.07) is 0.380. The van der Waals surface area contributed by atoms with Gasteiger partial charge in [0.15, 0.2) is 9.34 Å². The average molecular weight is 276 g/mol. The van der Waals surface area contributed by atoms with Gasteiger partial charge in [-0.2, -0.15) is 0 Å². The van der Waals surface area contributed by atoms with Crippen LogP contribution < -0.4 is 15.4 Å². The van der Waals surface area contributed by atoms with Gasteiger partial charge in [0.2, 0.25) is 10.0 Å². The van der Waals surface area contributed by atoms with Gasteiger partial charge in [0.25, 0.3) is 0 Å². The molecule has 0 spiro atoms. The maximum absolute atomic E-state index is 11.3. The van der Waals surface area contributed by atoms with E-state index < -0.39 is 10.0 Å². The molecule has 2 rings (SSSR count). The number of nitrogens with zero attached hydrogens (tertiary/aromatic N) is 2. The van der Waals surface area contributed by atoms with Gasteiger partial charge in [-0.05, 0) is 13.8 Å². The van der Waals surface area contributed by atoms with Crippen molar-refractivity contribution in [3.63, 3.8) is 0 Å². The number of hydrogen-bond donors (Lipinski definition) is 2. The van der Waals surface area contributed by atoms with Crippen molar-refractivity contribution < 1.29 is 8.42 Å². The highest BCUT2D eigenvalue weighted by molar-refractivity contribution is 7.91. The molecule has 0 aliphatic carbocycles. The zero-order valence-electron chi connectivity index (χ0n) is 9.80. The number of sulfonamides is 1. The predicted octanol–water partition coefficient (Wildman–Crippen LogP) is -0.103. The van der Waals surface area contributed by atoms with Crippen LogP contribution in [0.4, 0.5) is 5.13 Å². The van der Waals surface area contributed by atoms with Crippen molar-refractivity contribution in [3.8, 4) is 0 Å². The van der Waals surface area contributed by atoms with E-state index in [1.165, 1.54) is 0 Å². The van der Waals surface area contributed by atoms with Crippen molar-refractivity contribution in [2.75, 3.05) is 24.5 Å². The van der Waals surface area contributed by atoms with Crippen LogP contribution >= 0.6 is 11.3 Å². The normalized spacial score (nSPS) is 21.8. The largest absolute Gasteiger partial charge is 0.345 e. The first-order valence-corrected chi connectivity index (χ1v) is 7.73. The van der Waals surface area contributed by atoms with Gasteiger partial charge in [-0.3, -0.25) is 0 Å². The van der Waals surface area contributed by atoms with Crippen molar-refractivity contribution in [1.29, 1.82) is 0 Å². The standard InChI is InChI=1S/C9H16N4O2S2/c1-6-5-13(4-3-11-6)9-12-7(2)8(16-9)17(10,14)15/h6,11H,3-5H2,1-2H3,(H2,10,14,15)/t6-/m0/s1. The molecule has 0 aromatic carbocycles. The van der Waals surface area contributed by atoms with Crippen LogP contribution in [-0.2, 0) is 10.0 Å². The topological polar surface area (TPSA) is 88.3 Å². The van der Waals surface area contributed by atoms with Crippen LogP contribution in [0, 0.1) is 6.92 Å². The minimum absolute atomic E-state index is 0.165. The number of aryl methyl sites for hydroxylation is 1. The van der Waals surface area contributed by atoms with Gasteiger partial charge in [0.1, 0.15) is 0 Å². The molecule has 1 fully saturated rings. The Morgan fingerprint density at radius 1 is 1.59 bits per heavy atom. The highest BCUT2D eigenvalue weighted by atomic mass is 32.2. The van der Waals surface area contributed by atoms with Crippen LogP contribution in [0.25, 0.3) is 0 Å². The molecule has 2 heterocycles. The Labute approximate surface area is 105 Å². The molecule has 0 saturated carbocycles. The van der Waals surface area contributed by atoms with E-state index in [0.29, 0.717) is 11.7 Å². The van der Waals surface area contributed by atoms with E-state index in [1.807, 2.05) is 0 Å². The van der Waals surface area contributed by atoms with Crippen molar-refractivity contribution in [2.24, 2.45) is 5.14 Å². The summed E-state index contributed by atoms with van der Waals surface area (Å²) < 4.78 is 22.8. The molecule has 1 saturated heterocycles. The van der Waals surface area contributed by atoms with E-state index >= 15 is 0 Å². The number of aromatic nitrogens is 1. The molecule has 0 radical (unpaired) electrons. The fourth-order valence-corrected chi connectivity index (χ4v) is 3.86. The first kappa shape index (κ1) is 12.7. The lowest BCUT2D eigenvalue weighted by atomic mass is 10.2. The second-order valence-electron chi connectivity index (χ2n) is 4.22. The highest BCUT2D eigenvalue weighted by Crippen LogP contribution is 2.29. The number of nitrogens with two attached hydrogens (primary N) is 1. The summed E-state index contributed by atoms with van der Waals surface area (Å²) in [5, 5.41) is 9.20. The van der Waals surface area contributed by atoms with Gasteiger partial charge in [-0.15, -0.1) is 0 Å². The summed E-state index contributed by atoms with van der Waals surface area (Å²) in [4.78, 5) is 6.38. The molecule has 0 amide bonds. The van der Waals surface area contributed by atoms with Gasteiger partial charge in [-0.1, -0.05) is 11.3 Å². The molecule has 0 bridgehead atoms. The number of primary sulfonamides is 1. The fourth-order valence-electron chi connectivity index (χ4n) is 1.87. The number of thiazole rings is 1. The third kappa shape index (κ3) is 2.76. The number of nitrogens with one attached hydrogen (secondary N) is 1. The van der Waals surface area contributed by atoms with Gasteiger partial charge < -0.3 is 10.2 Å². The van der Waals surface area contributed by atoms with Crippen molar-refractivity contribution in [3.05, 3.63) is 5.69 Å². The van der Waals surface area contributed by atoms with Gasteiger partial charge in [0, 0.05) is 25.7 Å². The molecule has 96 valence electrons. The maximum Gasteiger partial charge on any atom is 0.249 e. The number of piperazine rings is 1. The Bertz CT molecular complexity index is 511. The Hall–Kier alpha value is -0.700. The highest BCUT2D eigenvalue weighted by Gasteiger charge is 2.23. The Morgan fingerprint density at radius 3 is 2.82 bits per heavy atom. The minimum Gasteiger partial charge on any atom is -0.345 e. The van der Waals surface area contributed by atoms with Crippen LogP contribution in [0.2, 0.25) is 0 Å². The zero-order valence-corrected chi connectivity index (χ0v) is 11.4. The number of rotatable bonds is 2. The van der Waals surface area contributed by atoms with E-state index in [0.717, 1.165) is 36.1 Å². The smallest absolute Gasteiger partial charge is 0.249 e. The summed E-state index contributed by atoms with van der Waals surface area (Å²) in [6.45, 7) is 6.31. The minimum atomic E-state index is -3.65. The molecule has 1 atom stereocenters. The fraction of sp³-hybridized carbons (Fsp3) is 0.667. The van der Waals surface area contributed by atoms with Crippen LogP contribution in [0.15, 0.2) is 4.21 Å². The van der Waals surface area contributed by atoms with Crippen LogP contribution in [0.3, 0.4) is 0 Å². The first-order chi connectivity index (χ1) is 7.88. The summed E-state index contributed by atoms with van der Waals surface area (Å²) in [5.41, 5.74) is 0.485. The first-order valence-electron chi connectivity index (χ1n) is 5.36. The Morgan fingerprint density at radius 2 is 2.29 bits per heavy atom. The third-order valence-electron chi connectivity index (χ3n) is 2.64. The monoisotopic (exact) mass is 276 g/mol. The van der Waals surface area contributed by atoms with Crippen LogP contribution in [-0.4, -0.2) is 39.1 Å². The molecule has 1 aliphatic heterocycles. The summed E-state index contributed by atoms with van der Waals surface area (Å²) in [7, 11) is -3.65. The average Bonchev–Trinajstić information content (AvgIpc) is 2.60. The SMILES string of the molecule is Cc1nc(N2CCN[C@@H](C)C2)sc1S(N)(=O)=O. The maximum atomic E-state index is 11.3. The second kappa shape index (κ2) is 4.52. The van der Waals surface area contributed by atoms with Gasteiger partial charge >= 0.3 is 0 Å². The molecule has 1 aromatic heterocycles. The van der Waals surface area contributed by atoms with Crippen molar-refractivity contribution in [2.45, 2.75) is 24.1 Å². The lowest BCUT2D eigenvalue weighted by Crippen LogP contribution is -2.49. The van der Waals surface area contributed by atoms with Crippen molar-refractivity contribution in [1.82, 2.24) is 10.3 Å². The summed E-state index contributed by atoms with van der Waals surface area (Å²) in [6.07, 6.45) is 0. The zero-order chi connectivity index (χ0) is 12.6. The van der Waals surface area contributed by atoms with E-state index in [9.17, 15) is 8.42 Å². The van der Waals surface area contributed by atoms with Crippen molar-refractivity contribution >= 4 is 26.5 Å². The molecular weight excluding hydrogens is 260 g/mol. The summed E-state index contributed by atoms with van der Waals surface area (Å²) in [5.74, 6) is 0. The summed E-state index contributed by atoms with van der Waals surface area (Å²) >= 11 is 1.15. The number of hydrogen-bond acceptors (Lipinski definition) is 6. The van der Waals surface area contributed by atoms with Crippen LogP contribution in [0.5, 0.6) is 0 Å². The van der Waals surface area contributed by atoms with E-state index in [2.05, 4.69) is 22.1 Å². The lowest BCUT2D eigenvalue weighted by molar-refractivity contribution is 0.484. The molecule has 0 unspecified atom stereocenters. The third-order valence-corrected chi connectivity index (χ3v) is 5.41. The molecule has 8 heteroatoms. The molecule has 1 aliphatic rings. The van der Waals surface area contributed by atoms with Gasteiger partial charge in [0.05, 0.1) is 5.69 Å². The number of anilines is 1. The molecule has 1 aromatic rings. The Kier molecular flexibility index (Phi) is 3.39. The van der Waals surface area contributed by atoms with E-state index in [-0.39, 0.29) is 4.21 Å². The molecule has 3 N–H and O–H groups in total. The van der Waals surface area contributed by atoms with Gasteiger partial charge in [-0.25, -0.2) is 18.5 Å². The lowest BCUT2D eigenvalue weighted by Gasteiger charge is -2.31. The quantitative estimate of drug-likeness (QED) is 0.787. The molecule has 6 nitrogen and oxygen atoms in total. The Balaban J connectivity index is 2.28. The molecule has 17 heavy (non-hydrogen) atoms. The molecular formula is C9H16N4O2S2.